The molecule has 0 spiro atoms. The van der Waals surface area contributed by atoms with E-state index in [1.165, 1.54) is 5.56 Å². The molecule has 1 atom stereocenters. The zero-order valence-electron chi connectivity index (χ0n) is 13.4. The quantitative estimate of drug-likeness (QED) is 0.495. The molecule has 0 saturated heterocycles. The third-order valence-electron chi connectivity index (χ3n) is 4.73. The van der Waals surface area contributed by atoms with E-state index in [-0.39, 0.29) is 5.92 Å². The first kappa shape index (κ1) is 14.4. The summed E-state index contributed by atoms with van der Waals surface area (Å²) in [6, 6.07) is 26.6. The average molecular weight is 341 g/mol. The summed E-state index contributed by atoms with van der Waals surface area (Å²) in [4.78, 5) is 4.80. The highest BCUT2D eigenvalue weighted by molar-refractivity contribution is 7.19. The van der Waals surface area contributed by atoms with Gasteiger partial charge in [-0.25, -0.2) is 4.98 Å². The van der Waals surface area contributed by atoms with Crippen LogP contribution in [0.5, 0.6) is 0 Å². The van der Waals surface area contributed by atoms with Crippen molar-refractivity contribution in [1.29, 1.82) is 0 Å². The van der Waals surface area contributed by atoms with E-state index in [0.717, 1.165) is 31.9 Å². The minimum atomic E-state index is 0.0120. The van der Waals surface area contributed by atoms with Gasteiger partial charge in [-0.2, -0.15) is 0 Å². The number of allylic oxidation sites excluding steroid dienone is 1. The summed E-state index contributed by atoms with van der Waals surface area (Å²) in [6.45, 7) is 0. The number of benzene rings is 3. The molecule has 1 aliphatic rings. The predicted octanol–water partition coefficient (Wildman–Crippen LogP) is 5.87. The molecule has 2 nitrogen and oxygen atoms in total. The molecule has 25 heavy (non-hydrogen) atoms. The number of nitrogens with zero attached hydrogens (tertiary/aromatic N) is 1. The van der Waals surface area contributed by atoms with Gasteiger partial charge in [0.05, 0.1) is 10.2 Å². The number of aliphatic hydroxyl groups is 1. The van der Waals surface area contributed by atoms with Crippen molar-refractivity contribution in [3.63, 3.8) is 0 Å². The van der Waals surface area contributed by atoms with Gasteiger partial charge >= 0.3 is 0 Å². The van der Waals surface area contributed by atoms with Crippen LogP contribution in [0.4, 0.5) is 0 Å². The second kappa shape index (κ2) is 5.57. The van der Waals surface area contributed by atoms with Crippen molar-refractivity contribution >= 4 is 32.9 Å². The van der Waals surface area contributed by atoms with Crippen LogP contribution in [0.15, 0.2) is 78.9 Å². The molecule has 1 heterocycles. The molecule has 3 heteroatoms. The molecule has 4 aromatic rings. The third kappa shape index (κ3) is 2.20. The highest BCUT2D eigenvalue weighted by Crippen LogP contribution is 2.50. The normalized spacial score (nSPS) is 16.4. The monoisotopic (exact) mass is 341 g/mol. The summed E-state index contributed by atoms with van der Waals surface area (Å²) in [5.41, 5.74) is 5.11. The summed E-state index contributed by atoms with van der Waals surface area (Å²) >= 11 is 1.64. The molecule has 1 unspecified atom stereocenters. The van der Waals surface area contributed by atoms with Gasteiger partial charge in [-0.05, 0) is 23.3 Å². The van der Waals surface area contributed by atoms with Gasteiger partial charge in [0.15, 0.2) is 0 Å². The first-order valence-corrected chi connectivity index (χ1v) is 9.08. The Labute approximate surface area is 149 Å². The molecule has 0 amide bonds. The number of aliphatic hydroxyl groups excluding tert-OH is 1. The van der Waals surface area contributed by atoms with Crippen molar-refractivity contribution in [2.75, 3.05) is 0 Å². The number of hydrogen-bond donors (Lipinski definition) is 1. The Morgan fingerprint density at radius 3 is 2.36 bits per heavy atom. The lowest BCUT2D eigenvalue weighted by Gasteiger charge is -2.15. The van der Waals surface area contributed by atoms with Crippen LogP contribution < -0.4 is 0 Å². The highest BCUT2D eigenvalue weighted by Gasteiger charge is 2.34. The SMILES string of the molecule is OC1=C(c2nc3ccccc3s2)C(c2ccccc2)c2ccccc21. The van der Waals surface area contributed by atoms with E-state index in [4.69, 9.17) is 4.98 Å². The smallest absolute Gasteiger partial charge is 0.130 e. The number of aromatic nitrogens is 1. The Bertz CT molecular complexity index is 1080. The van der Waals surface area contributed by atoms with Gasteiger partial charge in [0, 0.05) is 17.1 Å². The standard InChI is InChI=1S/C22H15NOS/c24-21-16-11-5-4-10-15(16)19(14-8-2-1-3-9-14)20(21)22-23-17-12-6-7-13-18(17)25-22/h1-13,19,24H. The fourth-order valence-electron chi connectivity index (χ4n) is 3.61. The van der Waals surface area contributed by atoms with Crippen LogP contribution in [-0.2, 0) is 0 Å². The second-order valence-corrected chi connectivity index (χ2v) is 7.21. The van der Waals surface area contributed by atoms with Crippen LogP contribution in [0, 0.1) is 0 Å². The van der Waals surface area contributed by atoms with E-state index in [1.807, 2.05) is 54.6 Å². The molecule has 1 aromatic heterocycles. The van der Waals surface area contributed by atoms with Crippen LogP contribution in [0.1, 0.15) is 27.6 Å². The van der Waals surface area contributed by atoms with Crippen molar-refractivity contribution in [3.05, 3.63) is 101 Å². The topological polar surface area (TPSA) is 33.1 Å². The number of fused-ring (bicyclic) bond motifs is 2. The van der Waals surface area contributed by atoms with Crippen molar-refractivity contribution in [1.82, 2.24) is 4.98 Å². The minimum absolute atomic E-state index is 0.0120. The summed E-state index contributed by atoms with van der Waals surface area (Å²) < 4.78 is 1.14. The van der Waals surface area contributed by atoms with Crippen LogP contribution in [0.2, 0.25) is 0 Å². The number of thiazole rings is 1. The van der Waals surface area contributed by atoms with Crippen LogP contribution in [-0.4, -0.2) is 10.1 Å². The van der Waals surface area contributed by atoms with Crippen molar-refractivity contribution in [3.8, 4) is 0 Å². The van der Waals surface area contributed by atoms with Gasteiger partial charge in [0.25, 0.3) is 0 Å². The lowest BCUT2D eigenvalue weighted by atomic mass is 9.88. The Kier molecular flexibility index (Phi) is 3.22. The van der Waals surface area contributed by atoms with Gasteiger partial charge in [0.1, 0.15) is 10.8 Å². The van der Waals surface area contributed by atoms with Gasteiger partial charge < -0.3 is 5.11 Å². The van der Waals surface area contributed by atoms with Gasteiger partial charge in [-0.1, -0.05) is 66.7 Å². The highest BCUT2D eigenvalue weighted by atomic mass is 32.1. The zero-order chi connectivity index (χ0) is 16.8. The van der Waals surface area contributed by atoms with Crippen molar-refractivity contribution < 1.29 is 5.11 Å². The van der Waals surface area contributed by atoms with Crippen molar-refractivity contribution in [2.24, 2.45) is 0 Å². The number of hydrogen-bond acceptors (Lipinski definition) is 3. The molecule has 120 valence electrons. The maximum absolute atomic E-state index is 11.0. The molecule has 3 aromatic carbocycles. The molecule has 1 aliphatic carbocycles. The third-order valence-corrected chi connectivity index (χ3v) is 5.80. The average Bonchev–Trinajstić information content (AvgIpc) is 3.21. The number of para-hydroxylation sites is 1. The van der Waals surface area contributed by atoms with E-state index >= 15 is 0 Å². The van der Waals surface area contributed by atoms with Crippen LogP contribution in [0.25, 0.3) is 21.5 Å². The first-order valence-electron chi connectivity index (χ1n) is 8.26. The molecule has 0 radical (unpaired) electrons. The van der Waals surface area contributed by atoms with E-state index in [2.05, 4.69) is 24.3 Å². The van der Waals surface area contributed by atoms with Crippen LogP contribution >= 0.6 is 11.3 Å². The summed E-state index contributed by atoms with van der Waals surface area (Å²) in [7, 11) is 0. The summed E-state index contributed by atoms with van der Waals surface area (Å²) in [6.07, 6.45) is 0. The fraction of sp³-hybridized carbons (Fsp3) is 0.0455. The Hall–Kier alpha value is -2.91. The summed E-state index contributed by atoms with van der Waals surface area (Å²) in [5, 5.41) is 11.9. The maximum atomic E-state index is 11.0. The van der Waals surface area contributed by atoms with Crippen LogP contribution in [0.3, 0.4) is 0 Å². The molecule has 1 N–H and O–H groups in total. The number of rotatable bonds is 2. The van der Waals surface area contributed by atoms with E-state index in [1.54, 1.807) is 11.3 Å². The second-order valence-electron chi connectivity index (χ2n) is 6.18. The van der Waals surface area contributed by atoms with Gasteiger partial charge in [-0.15, -0.1) is 11.3 Å². The Morgan fingerprint density at radius 1 is 0.800 bits per heavy atom. The molecule has 0 bridgehead atoms. The lowest BCUT2D eigenvalue weighted by molar-refractivity contribution is 0.515. The predicted molar refractivity (Wildman–Crippen MR) is 104 cm³/mol. The molecule has 0 fully saturated rings. The Morgan fingerprint density at radius 2 is 1.52 bits per heavy atom. The lowest BCUT2D eigenvalue weighted by Crippen LogP contribution is -2.00. The van der Waals surface area contributed by atoms with Gasteiger partial charge in [-0.3, -0.25) is 0 Å². The van der Waals surface area contributed by atoms with Crippen molar-refractivity contribution in [2.45, 2.75) is 5.92 Å². The van der Waals surface area contributed by atoms with E-state index in [9.17, 15) is 5.11 Å². The zero-order valence-corrected chi connectivity index (χ0v) is 14.2. The molecule has 0 aliphatic heterocycles. The first-order chi connectivity index (χ1) is 12.3. The molecule has 0 saturated carbocycles. The van der Waals surface area contributed by atoms with E-state index in [0.29, 0.717) is 5.76 Å². The largest absolute Gasteiger partial charge is 0.507 e. The maximum Gasteiger partial charge on any atom is 0.130 e. The molecular weight excluding hydrogens is 326 g/mol. The summed E-state index contributed by atoms with van der Waals surface area (Å²) in [5.74, 6) is 0.362. The molecular formula is C22H15NOS. The van der Waals surface area contributed by atoms with Gasteiger partial charge in [0.2, 0.25) is 0 Å². The Balaban J connectivity index is 1.77. The van der Waals surface area contributed by atoms with E-state index < -0.39 is 0 Å². The minimum Gasteiger partial charge on any atom is -0.507 e. The fourth-order valence-corrected chi connectivity index (χ4v) is 4.65. The molecule has 5 rings (SSSR count).